The van der Waals surface area contributed by atoms with Crippen LogP contribution in [0.25, 0.3) is 0 Å². The first-order chi connectivity index (χ1) is 28.6. The lowest BCUT2D eigenvalue weighted by Crippen LogP contribution is -2.75. The first-order valence-electron chi connectivity index (χ1n) is 24.5. The van der Waals surface area contributed by atoms with E-state index in [2.05, 4.69) is 73.9 Å². The fraction of sp³-hybridized carbons (Fsp3) is 0.731. The summed E-state index contributed by atoms with van der Waals surface area (Å²) in [6.07, 6.45) is 26.2. The van der Waals surface area contributed by atoms with Crippen LogP contribution in [0.15, 0.2) is 53.5 Å². The predicted molar refractivity (Wildman–Crippen MR) is 233 cm³/mol. The topological polar surface area (TPSA) is 85.1 Å². The monoisotopic (exact) mass is 804 g/mol. The van der Waals surface area contributed by atoms with Gasteiger partial charge in [-0.05, 0) is 118 Å². The van der Waals surface area contributed by atoms with Gasteiger partial charge in [-0.15, -0.1) is 0 Å². The summed E-state index contributed by atoms with van der Waals surface area (Å²) in [7, 11) is 0. The summed E-state index contributed by atoms with van der Waals surface area (Å²) in [5, 5.41) is 0. The van der Waals surface area contributed by atoms with Gasteiger partial charge in [-0.3, -0.25) is 9.69 Å². The zero-order chi connectivity index (χ0) is 40.7. The summed E-state index contributed by atoms with van der Waals surface area (Å²) >= 11 is 0. The van der Waals surface area contributed by atoms with E-state index in [1.165, 1.54) is 56.2 Å². The third-order valence-electron chi connectivity index (χ3n) is 17.6. The van der Waals surface area contributed by atoms with Crippen molar-refractivity contribution in [1.29, 1.82) is 0 Å². The molecule has 2 N–H and O–H groups in total. The fourth-order valence-corrected chi connectivity index (χ4v) is 15.1. The standard InChI is InChI=1S/C52H73N3O4/c1-33(2)15-16-35(4)25-45-50-28-40-21-22-51(50,52(45)43-14-8-12-39(13-9-23-53)47(43)48(56)59-52)46(58-49(50)57)20-18-41(27-36-10-6-5-7-11-36)54-29-37-26-38(30-54)32-55(31-37)44-19-17-34(3)24-42(40)44/h8,12,14,19-20,28,33-38,41-42,45H,5-7,9-11,13,15-18,21-27,29-32,53H2,1-4H3/b46-20-/t34-,35-,37-,38+,41-,42-,45-,50-,51+,52+/m0/s1. The van der Waals surface area contributed by atoms with Gasteiger partial charge in [0.2, 0.25) is 0 Å². The second-order valence-corrected chi connectivity index (χ2v) is 21.9. The number of benzene rings is 1. The molecule has 1 aromatic rings. The number of rotatable bonds is 10. The Morgan fingerprint density at radius 2 is 1.75 bits per heavy atom. The van der Waals surface area contributed by atoms with Gasteiger partial charge in [-0.1, -0.05) is 109 Å². The number of nitrogens with two attached hydrogens (primary N) is 1. The predicted octanol–water partition coefficient (Wildman–Crippen LogP) is 10.1. The zero-order valence-electron chi connectivity index (χ0n) is 36.8. The number of esters is 2. The van der Waals surface area contributed by atoms with Crippen molar-refractivity contribution in [3.8, 4) is 0 Å². The Bertz CT molecular complexity index is 1900. The highest BCUT2D eigenvalue weighted by molar-refractivity contribution is 5.99. The molecule has 8 aliphatic heterocycles. The Hall–Kier alpha value is -2.90. The molecule has 0 radical (unpaired) electrons. The summed E-state index contributed by atoms with van der Waals surface area (Å²) in [5.41, 5.74) is 9.18. The molecule has 0 amide bonds. The number of carbonyl (C=O) groups excluding carboxylic acids is 2. The van der Waals surface area contributed by atoms with E-state index < -0.39 is 16.4 Å². The Kier molecular flexibility index (Phi) is 10.5. The smallest absolute Gasteiger partial charge is 0.339 e. The van der Waals surface area contributed by atoms with Crippen molar-refractivity contribution in [2.24, 2.45) is 63.9 Å². The molecule has 320 valence electrons. The molecule has 4 aliphatic carbocycles. The van der Waals surface area contributed by atoms with Crippen LogP contribution in [0.3, 0.4) is 0 Å². The van der Waals surface area contributed by atoms with E-state index in [1.807, 2.05) is 0 Å². The second-order valence-electron chi connectivity index (χ2n) is 21.9. The van der Waals surface area contributed by atoms with Crippen molar-refractivity contribution in [3.05, 3.63) is 70.1 Å². The van der Waals surface area contributed by atoms with Crippen molar-refractivity contribution in [3.63, 3.8) is 0 Å². The number of fused-ring (bicyclic) bond motifs is 2. The number of hydrogen-bond donors (Lipinski definition) is 1. The van der Waals surface area contributed by atoms with Crippen LogP contribution in [-0.2, 0) is 26.3 Å². The van der Waals surface area contributed by atoms with Gasteiger partial charge in [-0.25, -0.2) is 4.79 Å². The summed E-state index contributed by atoms with van der Waals surface area (Å²) in [6.45, 7) is 14.6. The molecular weight excluding hydrogens is 731 g/mol. The molecule has 11 atom stereocenters. The minimum atomic E-state index is -0.961. The number of aryl methyl sites for hydroxylation is 1. The third kappa shape index (κ3) is 6.22. The Morgan fingerprint density at radius 1 is 0.949 bits per heavy atom. The van der Waals surface area contributed by atoms with Crippen molar-refractivity contribution >= 4 is 11.9 Å². The normalized spacial score (nSPS) is 39.9. The number of ether oxygens (including phenoxy) is 2. The largest absolute Gasteiger partial charge is 0.449 e. The molecule has 5 fully saturated rings. The van der Waals surface area contributed by atoms with Crippen LogP contribution in [0.4, 0.5) is 0 Å². The van der Waals surface area contributed by atoms with Gasteiger partial charge in [-0.2, -0.15) is 0 Å². The highest BCUT2D eigenvalue weighted by Crippen LogP contribution is 2.85. The van der Waals surface area contributed by atoms with Crippen LogP contribution in [0.5, 0.6) is 0 Å². The maximum atomic E-state index is 15.5. The summed E-state index contributed by atoms with van der Waals surface area (Å²) in [5.74, 6) is 4.29. The molecule has 59 heavy (non-hydrogen) atoms. The molecule has 7 nitrogen and oxygen atoms in total. The van der Waals surface area contributed by atoms with E-state index in [0.717, 1.165) is 119 Å². The minimum absolute atomic E-state index is 0.0937. The van der Waals surface area contributed by atoms with E-state index in [9.17, 15) is 4.79 Å². The number of allylic oxidation sites excluding steroid dienone is 2. The van der Waals surface area contributed by atoms with Gasteiger partial charge in [0.25, 0.3) is 0 Å². The van der Waals surface area contributed by atoms with Crippen molar-refractivity contribution in [1.82, 2.24) is 9.80 Å². The van der Waals surface area contributed by atoms with E-state index in [1.54, 1.807) is 0 Å². The number of piperidine rings is 2. The van der Waals surface area contributed by atoms with Crippen LogP contribution in [0, 0.1) is 58.2 Å². The SMILES string of the molecule is CC(C)CC[C@H](C)C[C@@H]1[C@@]2(OC(=O)c3c(CCCN)cccc32)[C@@]23CCC4=C[C@@]12C(=O)O/C3=C\C[C@@H](CC1CCCCC1)N1C[C@@H]2C[C@@H](CN(C2)C2=CC[C@H](C)C[C@@H]42)C1. The maximum absolute atomic E-state index is 15.5. The van der Waals surface area contributed by atoms with Crippen LogP contribution in [0.1, 0.15) is 152 Å². The molecule has 2 saturated carbocycles. The third-order valence-corrected chi connectivity index (χ3v) is 17.6. The summed E-state index contributed by atoms with van der Waals surface area (Å²) in [6, 6.07) is 6.84. The average molecular weight is 804 g/mol. The van der Waals surface area contributed by atoms with Gasteiger partial charge >= 0.3 is 11.9 Å². The quantitative estimate of drug-likeness (QED) is 0.186. The highest BCUT2D eigenvalue weighted by Gasteiger charge is 2.91. The molecule has 13 rings (SSSR count). The molecule has 8 heterocycles. The van der Waals surface area contributed by atoms with Crippen molar-refractivity contribution < 1.29 is 19.1 Å². The van der Waals surface area contributed by atoms with E-state index in [-0.39, 0.29) is 17.9 Å². The van der Waals surface area contributed by atoms with E-state index in [4.69, 9.17) is 15.2 Å². The number of carbonyl (C=O) groups is 2. The first kappa shape index (κ1) is 40.2. The van der Waals surface area contributed by atoms with Crippen LogP contribution >= 0.6 is 0 Å². The molecule has 8 bridgehead atoms. The lowest BCUT2D eigenvalue weighted by molar-refractivity contribution is -0.274. The Balaban J connectivity index is 1.17. The molecule has 1 aromatic carbocycles. The van der Waals surface area contributed by atoms with Gasteiger partial charge in [0, 0.05) is 55.3 Å². The molecule has 1 unspecified atom stereocenters. The highest BCUT2D eigenvalue weighted by atomic mass is 16.6. The summed E-state index contributed by atoms with van der Waals surface area (Å²) in [4.78, 5) is 35.9. The maximum Gasteiger partial charge on any atom is 0.339 e. The number of hydrogen-bond acceptors (Lipinski definition) is 7. The van der Waals surface area contributed by atoms with Crippen LogP contribution < -0.4 is 5.73 Å². The van der Waals surface area contributed by atoms with Gasteiger partial charge in [0.15, 0.2) is 5.60 Å². The molecule has 0 aromatic heterocycles. The average Bonchev–Trinajstić information content (AvgIpc) is 3.67. The minimum Gasteiger partial charge on any atom is -0.449 e. The lowest BCUT2D eigenvalue weighted by atomic mass is 9.31. The zero-order valence-corrected chi connectivity index (χ0v) is 36.8. The van der Waals surface area contributed by atoms with E-state index in [0.29, 0.717) is 48.1 Å². The van der Waals surface area contributed by atoms with Gasteiger partial charge < -0.3 is 20.1 Å². The molecule has 2 spiro atoms. The van der Waals surface area contributed by atoms with E-state index >= 15 is 4.79 Å². The van der Waals surface area contributed by atoms with Crippen LogP contribution in [0.2, 0.25) is 0 Å². The van der Waals surface area contributed by atoms with Gasteiger partial charge in [0.05, 0.1) is 11.0 Å². The van der Waals surface area contributed by atoms with Crippen molar-refractivity contribution in [2.75, 3.05) is 32.7 Å². The number of nitrogens with zero attached hydrogens (tertiary/aromatic N) is 2. The van der Waals surface area contributed by atoms with Crippen molar-refractivity contribution in [2.45, 2.75) is 148 Å². The molecular formula is C52H73N3O4. The second kappa shape index (κ2) is 15.5. The molecule has 7 heteroatoms. The Labute approximate surface area is 355 Å². The fourth-order valence-electron chi connectivity index (χ4n) is 15.1. The van der Waals surface area contributed by atoms with Crippen LogP contribution in [-0.4, -0.2) is 60.5 Å². The molecule has 12 aliphatic rings. The Morgan fingerprint density at radius 3 is 2.51 bits per heavy atom. The lowest BCUT2D eigenvalue weighted by Gasteiger charge is -2.69. The molecule has 3 saturated heterocycles. The first-order valence-corrected chi connectivity index (χ1v) is 24.5. The summed E-state index contributed by atoms with van der Waals surface area (Å²) < 4.78 is 14.1. The van der Waals surface area contributed by atoms with Gasteiger partial charge in [0.1, 0.15) is 11.2 Å².